The quantitative estimate of drug-likeness (QED) is 0.896. The Morgan fingerprint density at radius 2 is 1.92 bits per heavy atom. The molecule has 126 valence electrons. The van der Waals surface area contributed by atoms with E-state index in [1.54, 1.807) is 11.8 Å². The number of likely N-dealkylation sites (N-methyl/N-ethyl adjacent to an activating group) is 1. The van der Waals surface area contributed by atoms with Crippen molar-refractivity contribution in [2.24, 2.45) is 0 Å². The van der Waals surface area contributed by atoms with E-state index in [1.807, 2.05) is 18.2 Å². The van der Waals surface area contributed by atoms with E-state index < -0.39 is 5.97 Å². The number of aryl methyl sites for hydroxylation is 1. The summed E-state index contributed by atoms with van der Waals surface area (Å²) in [5, 5.41) is 9.08. The summed E-state index contributed by atoms with van der Waals surface area (Å²) in [6.07, 6.45) is 0.0558. The molecular weight excluding hydrogens is 320 g/mol. The molecule has 0 bridgehead atoms. The number of anilines is 2. The third-order valence-corrected chi connectivity index (χ3v) is 5.18. The van der Waals surface area contributed by atoms with Gasteiger partial charge in [0.2, 0.25) is 0 Å². The number of carboxylic acid groups (broad SMARTS) is 1. The Kier molecular flexibility index (Phi) is 4.83. The highest BCUT2D eigenvalue weighted by Gasteiger charge is 2.24. The van der Waals surface area contributed by atoms with Crippen LogP contribution in [0.3, 0.4) is 0 Å². The normalized spacial score (nSPS) is 12.9. The molecule has 0 unspecified atom stereocenters. The first kappa shape index (κ1) is 16.9. The van der Waals surface area contributed by atoms with Gasteiger partial charge < -0.3 is 14.9 Å². The summed E-state index contributed by atoms with van der Waals surface area (Å²) in [6, 6.07) is 12.5. The van der Waals surface area contributed by atoms with E-state index in [0.717, 1.165) is 24.3 Å². The second-order valence-corrected chi connectivity index (χ2v) is 7.48. The van der Waals surface area contributed by atoms with Crippen LogP contribution in [0, 0.1) is 6.92 Å². The van der Waals surface area contributed by atoms with Gasteiger partial charge >= 0.3 is 5.97 Å². The van der Waals surface area contributed by atoms with Crippen molar-refractivity contribution in [1.82, 2.24) is 4.90 Å². The lowest BCUT2D eigenvalue weighted by atomic mass is 10.1. The summed E-state index contributed by atoms with van der Waals surface area (Å²) in [5.41, 5.74) is 4.40. The molecule has 1 heterocycles. The first-order valence-electron chi connectivity index (χ1n) is 7.99. The molecule has 4 nitrogen and oxygen atoms in total. The number of hydrogen-bond donors (Lipinski definition) is 1. The number of carbonyl (C=O) groups is 1. The van der Waals surface area contributed by atoms with Gasteiger partial charge in [-0.05, 0) is 56.4 Å². The van der Waals surface area contributed by atoms with Crippen LogP contribution in [0.4, 0.5) is 11.4 Å². The molecule has 0 saturated carbocycles. The SMILES string of the molecule is Cc1ccc2c(c1)Sc1ccc(CC(=O)O)cc1N2CCN(C)C. The molecule has 2 aromatic carbocycles. The Morgan fingerprint density at radius 1 is 1.12 bits per heavy atom. The summed E-state index contributed by atoms with van der Waals surface area (Å²) >= 11 is 1.76. The van der Waals surface area contributed by atoms with Gasteiger partial charge in [-0.2, -0.15) is 0 Å². The van der Waals surface area contributed by atoms with Gasteiger partial charge in [-0.1, -0.05) is 23.9 Å². The maximum absolute atomic E-state index is 11.0. The van der Waals surface area contributed by atoms with Crippen LogP contribution < -0.4 is 4.90 Å². The summed E-state index contributed by atoms with van der Waals surface area (Å²) in [4.78, 5) is 18.0. The van der Waals surface area contributed by atoms with E-state index in [9.17, 15) is 4.79 Å². The zero-order valence-electron chi connectivity index (χ0n) is 14.2. The predicted molar refractivity (Wildman–Crippen MR) is 98.6 cm³/mol. The Hall–Kier alpha value is -1.98. The molecule has 1 aliphatic rings. The fourth-order valence-electron chi connectivity index (χ4n) is 2.86. The van der Waals surface area contributed by atoms with Crippen LogP contribution in [0.5, 0.6) is 0 Å². The summed E-state index contributed by atoms with van der Waals surface area (Å²) in [6.45, 7) is 3.91. The van der Waals surface area contributed by atoms with Gasteiger partial charge in [0.05, 0.1) is 17.8 Å². The van der Waals surface area contributed by atoms with Gasteiger partial charge in [0.1, 0.15) is 0 Å². The van der Waals surface area contributed by atoms with Crippen LogP contribution in [0.25, 0.3) is 0 Å². The van der Waals surface area contributed by atoms with E-state index in [4.69, 9.17) is 5.11 Å². The molecule has 24 heavy (non-hydrogen) atoms. The average Bonchev–Trinajstić information content (AvgIpc) is 2.50. The van der Waals surface area contributed by atoms with Gasteiger partial charge in [-0.15, -0.1) is 0 Å². The van der Waals surface area contributed by atoms with Crippen molar-refractivity contribution in [1.29, 1.82) is 0 Å². The lowest BCUT2D eigenvalue weighted by molar-refractivity contribution is -0.136. The van der Waals surface area contributed by atoms with Crippen molar-refractivity contribution in [3.63, 3.8) is 0 Å². The van der Waals surface area contributed by atoms with Gasteiger partial charge in [0.15, 0.2) is 0 Å². The molecule has 2 aromatic rings. The number of fused-ring (bicyclic) bond motifs is 2. The van der Waals surface area contributed by atoms with Crippen molar-refractivity contribution in [3.8, 4) is 0 Å². The molecular formula is C19H22N2O2S. The number of rotatable bonds is 5. The minimum Gasteiger partial charge on any atom is -0.481 e. The zero-order valence-corrected chi connectivity index (χ0v) is 15.1. The predicted octanol–water partition coefficient (Wildman–Crippen LogP) is 3.79. The highest BCUT2D eigenvalue weighted by molar-refractivity contribution is 7.99. The lowest BCUT2D eigenvalue weighted by Crippen LogP contribution is -2.30. The minimum atomic E-state index is -0.797. The van der Waals surface area contributed by atoms with E-state index >= 15 is 0 Å². The third kappa shape index (κ3) is 3.57. The number of nitrogens with zero attached hydrogens (tertiary/aromatic N) is 2. The second kappa shape index (κ2) is 6.87. The topological polar surface area (TPSA) is 43.8 Å². The molecule has 5 heteroatoms. The summed E-state index contributed by atoms with van der Waals surface area (Å²) in [7, 11) is 4.13. The molecule has 0 fully saturated rings. The highest BCUT2D eigenvalue weighted by Crippen LogP contribution is 2.48. The van der Waals surface area contributed by atoms with Crippen LogP contribution in [0.2, 0.25) is 0 Å². The maximum atomic E-state index is 11.0. The number of carboxylic acids is 1. The standard InChI is InChI=1S/C19H22N2O2S/c1-13-4-6-15-18(10-13)24-17-7-5-14(12-19(22)23)11-16(17)21(15)9-8-20(2)3/h4-7,10-11H,8-9,12H2,1-3H3,(H,22,23). The maximum Gasteiger partial charge on any atom is 0.307 e. The number of aliphatic carboxylic acids is 1. The lowest BCUT2D eigenvalue weighted by Gasteiger charge is -2.34. The van der Waals surface area contributed by atoms with E-state index in [-0.39, 0.29) is 6.42 Å². The number of hydrogen-bond acceptors (Lipinski definition) is 4. The fraction of sp³-hybridized carbons (Fsp3) is 0.316. The molecule has 1 N–H and O–H groups in total. The molecule has 0 radical (unpaired) electrons. The Bertz CT molecular complexity index is 774. The monoisotopic (exact) mass is 342 g/mol. The molecule has 0 amide bonds. The van der Waals surface area contributed by atoms with Crippen molar-refractivity contribution >= 4 is 29.1 Å². The minimum absolute atomic E-state index is 0.0558. The number of benzene rings is 2. The summed E-state index contributed by atoms with van der Waals surface area (Å²) < 4.78 is 0. The van der Waals surface area contributed by atoms with Gasteiger partial charge in [-0.3, -0.25) is 4.79 Å². The summed E-state index contributed by atoms with van der Waals surface area (Å²) in [5.74, 6) is -0.797. The first-order valence-corrected chi connectivity index (χ1v) is 8.81. The molecule has 0 atom stereocenters. The van der Waals surface area contributed by atoms with Gasteiger partial charge in [0.25, 0.3) is 0 Å². The first-order chi connectivity index (χ1) is 11.4. The third-order valence-electron chi connectivity index (χ3n) is 4.07. The Balaban J connectivity index is 2.03. The average molecular weight is 342 g/mol. The smallest absolute Gasteiger partial charge is 0.307 e. The van der Waals surface area contributed by atoms with Crippen molar-refractivity contribution < 1.29 is 9.90 Å². The van der Waals surface area contributed by atoms with E-state index in [1.165, 1.54) is 21.0 Å². The molecule has 3 rings (SSSR count). The van der Waals surface area contributed by atoms with E-state index in [2.05, 4.69) is 49.0 Å². The molecule has 0 aliphatic carbocycles. The van der Waals surface area contributed by atoms with Crippen LogP contribution in [-0.4, -0.2) is 43.2 Å². The van der Waals surface area contributed by atoms with Gasteiger partial charge in [-0.25, -0.2) is 0 Å². The molecule has 0 saturated heterocycles. The fourth-order valence-corrected chi connectivity index (χ4v) is 4.03. The Morgan fingerprint density at radius 3 is 2.62 bits per heavy atom. The van der Waals surface area contributed by atoms with Crippen molar-refractivity contribution in [3.05, 3.63) is 47.5 Å². The van der Waals surface area contributed by atoms with Gasteiger partial charge in [0, 0.05) is 22.9 Å². The van der Waals surface area contributed by atoms with Crippen LogP contribution in [-0.2, 0) is 11.2 Å². The molecule has 0 spiro atoms. The van der Waals surface area contributed by atoms with Crippen molar-refractivity contribution in [2.75, 3.05) is 32.1 Å². The zero-order chi connectivity index (χ0) is 17.3. The highest BCUT2D eigenvalue weighted by atomic mass is 32.2. The second-order valence-electron chi connectivity index (χ2n) is 6.40. The largest absolute Gasteiger partial charge is 0.481 e. The van der Waals surface area contributed by atoms with Crippen LogP contribution in [0.1, 0.15) is 11.1 Å². The van der Waals surface area contributed by atoms with Crippen molar-refractivity contribution in [2.45, 2.75) is 23.1 Å². The Labute approximate surface area is 147 Å². The van der Waals surface area contributed by atoms with Crippen LogP contribution in [0.15, 0.2) is 46.2 Å². The van der Waals surface area contributed by atoms with E-state index in [0.29, 0.717) is 0 Å². The molecule has 1 aliphatic heterocycles. The molecule has 0 aromatic heterocycles. The van der Waals surface area contributed by atoms with Crippen LogP contribution >= 0.6 is 11.8 Å².